The first kappa shape index (κ1) is 18.3. The lowest BCUT2D eigenvalue weighted by molar-refractivity contribution is -0.114. The molecule has 0 unspecified atom stereocenters. The fraction of sp³-hybridized carbons (Fsp3) is 0.316. The normalized spacial score (nSPS) is 14.7. The Morgan fingerprint density at radius 3 is 2.31 bits per heavy atom. The molecule has 0 saturated carbocycles. The SMILES string of the molecule is CC(=O)Nc1ccc(S(=O)(=O)Nc2cccc(N3CCCCC3)c2)cc1. The van der Waals surface area contributed by atoms with E-state index in [0.29, 0.717) is 11.4 Å². The largest absolute Gasteiger partial charge is 0.371 e. The van der Waals surface area contributed by atoms with Gasteiger partial charge in [0.05, 0.1) is 10.6 Å². The number of nitrogens with zero attached hydrogens (tertiary/aromatic N) is 1. The van der Waals surface area contributed by atoms with E-state index in [-0.39, 0.29) is 10.8 Å². The Labute approximate surface area is 154 Å². The molecule has 0 aromatic heterocycles. The zero-order valence-corrected chi connectivity index (χ0v) is 15.6. The van der Waals surface area contributed by atoms with Crippen LogP contribution < -0.4 is 14.9 Å². The van der Waals surface area contributed by atoms with E-state index in [1.54, 1.807) is 18.2 Å². The molecule has 3 rings (SSSR count). The first-order valence-corrected chi connectivity index (χ1v) is 10.2. The van der Waals surface area contributed by atoms with E-state index in [4.69, 9.17) is 0 Å². The summed E-state index contributed by atoms with van der Waals surface area (Å²) in [5.41, 5.74) is 2.13. The minimum atomic E-state index is -3.69. The number of anilines is 3. The first-order valence-electron chi connectivity index (χ1n) is 8.69. The van der Waals surface area contributed by atoms with Crippen molar-refractivity contribution in [3.63, 3.8) is 0 Å². The Hall–Kier alpha value is -2.54. The Balaban J connectivity index is 1.75. The summed E-state index contributed by atoms with van der Waals surface area (Å²) in [5, 5.41) is 2.62. The van der Waals surface area contributed by atoms with Crippen LogP contribution in [0.2, 0.25) is 0 Å². The van der Waals surface area contributed by atoms with Gasteiger partial charge in [0.1, 0.15) is 0 Å². The van der Waals surface area contributed by atoms with Crippen LogP contribution in [0.1, 0.15) is 26.2 Å². The highest BCUT2D eigenvalue weighted by Gasteiger charge is 2.16. The molecule has 0 spiro atoms. The quantitative estimate of drug-likeness (QED) is 0.842. The lowest BCUT2D eigenvalue weighted by Crippen LogP contribution is -2.29. The molecular formula is C19H23N3O3S. The minimum absolute atomic E-state index is 0.148. The number of piperidine rings is 1. The highest BCUT2D eigenvalue weighted by molar-refractivity contribution is 7.92. The van der Waals surface area contributed by atoms with Crippen LogP contribution in [0.4, 0.5) is 17.1 Å². The van der Waals surface area contributed by atoms with Crippen LogP contribution >= 0.6 is 0 Å². The van der Waals surface area contributed by atoms with E-state index in [1.165, 1.54) is 25.5 Å². The van der Waals surface area contributed by atoms with E-state index < -0.39 is 10.0 Å². The average Bonchev–Trinajstić information content (AvgIpc) is 2.62. The summed E-state index contributed by atoms with van der Waals surface area (Å²) in [6, 6.07) is 13.6. The zero-order valence-electron chi connectivity index (χ0n) is 14.7. The van der Waals surface area contributed by atoms with Crippen LogP contribution in [0.5, 0.6) is 0 Å². The Bertz CT molecular complexity index is 873. The first-order chi connectivity index (χ1) is 12.4. The molecular weight excluding hydrogens is 350 g/mol. The molecule has 26 heavy (non-hydrogen) atoms. The molecule has 1 saturated heterocycles. The van der Waals surface area contributed by atoms with Gasteiger partial charge in [-0.1, -0.05) is 6.07 Å². The molecule has 0 aliphatic carbocycles. The highest BCUT2D eigenvalue weighted by Crippen LogP contribution is 2.25. The molecule has 2 aromatic rings. The van der Waals surface area contributed by atoms with Gasteiger partial charge in [-0.2, -0.15) is 0 Å². The van der Waals surface area contributed by atoms with Crippen LogP contribution in [0.25, 0.3) is 0 Å². The van der Waals surface area contributed by atoms with Gasteiger partial charge in [0.25, 0.3) is 10.0 Å². The van der Waals surface area contributed by atoms with Crippen molar-refractivity contribution >= 4 is 33.0 Å². The van der Waals surface area contributed by atoms with Gasteiger partial charge in [0.2, 0.25) is 5.91 Å². The van der Waals surface area contributed by atoms with Crippen molar-refractivity contribution in [2.75, 3.05) is 28.0 Å². The molecule has 1 aliphatic rings. The number of carbonyl (C=O) groups is 1. The fourth-order valence-electron chi connectivity index (χ4n) is 3.05. The zero-order chi connectivity index (χ0) is 18.6. The maximum Gasteiger partial charge on any atom is 0.261 e. The molecule has 138 valence electrons. The number of rotatable bonds is 5. The Morgan fingerprint density at radius 2 is 1.65 bits per heavy atom. The van der Waals surface area contributed by atoms with Crippen LogP contribution in [0.15, 0.2) is 53.4 Å². The van der Waals surface area contributed by atoms with Gasteiger partial charge in [0.15, 0.2) is 0 Å². The Kier molecular flexibility index (Phi) is 5.46. The van der Waals surface area contributed by atoms with Crippen LogP contribution in [-0.2, 0) is 14.8 Å². The van der Waals surface area contributed by atoms with Crippen molar-refractivity contribution in [2.24, 2.45) is 0 Å². The predicted octanol–water partition coefficient (Wildman–Crippen LogP) is 3.44. The van der Waals surface area contributed by atoms with Gasteiger partial charge in [-0.15, -0.1) is 0 Å². The second-order valence-electron chi connectivity index (χ2n) is 6.41. The molecule has 0 atom stereocenters. The molecule has 0 radical (unpaired) electrons. The molecule has 2 aromatic carbocycles. The fourth-order valence-corrected chi connectivity index (χ4v) is 4.10. The molecule has 1 aliphatic heterocycles. The van der Waals surface area contributed by atoms with Gasteiger partial charge < -0.3 is 10.2 Å². The monoisotopic (exact) mass is 373 g/mol. The third-order valence-electron chi connectivity index (χ3n) is 4.30. The number of carbonyl (C=O) groups excluding carboxylic acids is 1. The molecule has 1 amide bonds. The van der Waals surface area contributed by atoms with E-state index >= 15 is 0 Å². The molecule has 1 fully saturated rings. The summed E-state index contributed by atoms with van der Waals surface area (Å²) in [5.74, 6) is -0.201. The van der Waals surface area contributed by atoms with Crippen molar-refractivity contribution in [1.29, 1.82) is 0 Å². The predicted molar refractivity (Wildman–Crippen MR) is 104 cm³/mol. The lowest BCUT2D eigenvalue weighted by Gasteiger charge is -2.29. The molecule has 0 bridgehead atoms. The number of nitrogens with one attached hydrogen (secondary N) is 2. The smallest absolute Gasteiger partial charge is 0.261 e. The van der Waals surface area contributed by atoms with E-state index in [9.17, 15) is 13.2 Å². The molecule has 6 nitrogen and oxygen atoms in total. The van der Waals surface area contributed by atoms with Gasteiger partial charge in [-0.25, -0.2) is 8.42 Å². The lowest BCUT2D eigenvalue weighted by atomic mass is 10.1. The third-order valence-corrected chi connectivity index (χ3v) is 5.70. The molecule has 1 heterocycles. The van der Waals surface area contributed by atoms with Crippen molar-refractivity contribution in [1.82, 2.24) is 0 Å². The standard InChI is InChI=1S/C19H23N3O3S/c1-15(23)20-16-8-10-19(11-9-16)26(24,25)21-17-6-5-7-18(14-17)22-12-3-2-4-13-22/h5-11,14,21H,2-4,12-13H2,1H3,(H,20,23). The van der Waals surface area contributed by atoms with Crippen LogP contribution in [-0.4, -0.2) is 27.4 Å². The minimum Gasteiger partial charge on any atom is -0.371 e. The summed E-state index contributed by atoms with van der Waals surface area (Å²) in [7, 11) is -3.69. The summed E-state index contributed by atoms with van der Waals surface area (Å²) >= 11 is 0. The third kappa shape index (κ3) is 4.54. The van der Waals surface area contributed by atoms with Crippen LogP contribution in [0.3, 0.4) is 0 Å². The number of hydrogen-bond donors (Lipinski definition) is 2. The number of amides is 1. The van der Waals surface area contributed by atoms with E-state index in [1.807, 2.05) is 18.2 Å². The maximum atomic E-state index is 12.6. The molecule has 2 N–H and O–H groups in total. The summed E-state index contributed by atoms with van der Waals surface area (Å²) in [6.45, 7) is 3.41. The van der Waals surface area contributed by atoms with Crippen molar-refractivity contribution in [3.05, 3.63) is 48.5 Å². The number of benzene rings is 2. The van der Waals surface area contributed by atoms with Crippen molar-refractivity contribution < 1.29 is 13.2 Å². The maximum absolute atomic E-state index is 12.6. The number of sulfonamides is 1. The van der Waals surface area contributed by atoms with E-state index in [2.05, 4.69) is 14.9 Å². The summed E-state index contributed by atoms with van der Waals surface area (Å²) < 4.78 is 27.9. The van der Waals surface area contributed by atoms with E-state index in [0.717, 1.165) is 31.6 Å². The summed E-state index contributed by atoms with van der Waals surface area (Å²) in [6.07, 6.45) is 3.57. The highest BCUT2D eigenvalue weighted by atomic mass is 32.2. The second kappa shape index (κ2) is 7.78. The number of hydrogen-bond acceptors (Lipinski definition) is 4. The Morgan fingerprint density at radius 1 is 0.962 bits per heavy atom. The topological polar surface area (TPSA) is 78.5 Å². The van der Waals surface area contributed by atoms with Gasteiger partial charge in [-0.3, -0.25) is 9.52 Å². The second-order valence-corrected chi connectivity index (χ2v) is 8.09. The van der Waals surface area contributed by atoms with Gasteiger partial charge in [0, 0.05) is 31.4 Å². The summed E-state index contributed by atoms with van der Waals surface area (Å²) in [4.78, 5) is 13.5. The van der Waals surface area contributed by atoms with Gasteiger partial charge >= 0.3 is 0 Å². The molecule has 7 heteroatoms. The van der Waals surface area contributed by atoms with Crippen molar-refractivity contribution in [2.45, 2.75) is 31.1 Å². The van der Waals surface area contributed by atoms with Gasteiger partial charge in [-0.05, 0) is 61.7 Å². The average molecular weight is 373 g/mol. The van der Waals surface area contributed by atoms with Crippen molar-refractivity contribution in [3.8, 4) is 0 Å². The van der Waals surface area contributed by atoms with Crippen LogP contribution in [0, 0.1) is 0 Å².